The molecule has 2 rings (SSSR count). The van der Waals surface area contributed by atoms with Crippen molar-refractivity contribution in [2.45, 2.75) is 11.8 Å². The minimum absolute atomic E-state index is 0.102. The molecule has 2 aromatic rings. The summed E-state index contributed by atoms with van der Waals surface area (Å²) in [6.07, 6.45) is 2.71. The molecule has 7 heteroatoms. The number of sulfonamides is 1. The first kappa shape index (κ1) is 12.4. The summed E-state index contributed by atoms with van der Waals surface area (Å²) in [6, 6.07) is 5.14. The lowest BCUT2D eigenvalue weighted by molar-refractivity contribution is 0.601. The minimum atomic E-state index is -3.64. The van der Waals surface area contributed by atoms with Gasteiger partial charge in [-0.15, -0.1) is 0 Å². The van der Waals surface area contributed by atoms with E-state index in [1.54, 1.807) is 25.2 Å². The van der Waals surface area contributed by atoms with E-state index in [4.69, 9.17) is 5.73 Å². The van der Waals surface area contributed by atoms with Crippen molar-refractivity contribution in [3.05, 3.63) is 36.2 Å². The van der Waals surface area contributed by atoms with E-state index in [2.05, 4.69) is 9.82 Å². The molecule has 1 aromatic heterocycles. The summed E-state index contributed by atoms with van der Waals surface area (Å²) in [5.41, 5.74) is 7.49. The van der Waals surface area contributed by atoms with Crippen LogP contribution < -0.4 is 10.5 Å². The van der Waals surface area contributed by atoms with Gasteiger partial charge in [-0.05, 0) is 24.6 Å². The molecule has 0 atom stereocenters. The van der Waals surface area contributed by atoms with E-state index in [1.807, 2.05) is 6.92 Å². The Kier molecular flexibility index (Phi) is 3.00. The maximum Gasteiger partial charge on any atom is 0.265 e. The fourth-order valence-electron chi connectivity index (χ4n) is 1.52. The zero-order valence-corrected chi connectivity index (χ0v) is 10.9. The lowest BCUT2D eigenvalue weighted by Gasteiger charge is -2.09. The van der Waals surface area contributed by atoms with E-state index < -0.39 is 10.0 Å². The lowest BCUT2D eigenvalue weighted by atomic mass is 10.2. The molecular weight excluding hydrogens is 252 g/mol. The number of aryl methyl sites for hydroxylation is 2. The molecule has 0 aliphatic heterocycles. The van der Waals surface area contributed by atoms with Gasteiger partial charge in [-0.3, -0.25) is 9.40 Å². The second-order valence-electron chi connectivity index (χ2n) is 4.05. The van der Waals surface area contributed by atoms with E-state index in [-0.39, 0.29) is 4.90 Å². The Hall–Kier alpha value is -2.02. The maximum atomic E-state index is 12.0. The van der Waals surface area contributed by atoms with Gasteiger partial charge in [0.25, 0.3) is 10.0 Å². The number of rotatable bonds is 3. The number of aromatic nitrogens is 2. The third-order valence-corrected chi connectivity index (χ3v) is 3.76. The van der Waals surface area contributed by atoms with Crippen LogP contribution in [-0.2, 0) is 17.1 Å². The van der Waals surface area contributed by atoms with Crippen molar-refractivity contribution in [1.82, 2.24) is 9.78 Å². The van der Waals surface area contributed by atoms with Crippen molar-refractivity contribution in [3.8, 4) is 0 Å². The molecule has 0 saturated heterocycles. The molecule has 6 nitrogen and oxygen atoms in total. The molecule has 0 radical (unpaired) electrons. The maximum absolute atomic E-state index is 12.0. The number of nitrogen functional groups attached to an aromatic ring is 1. The number of nitrogens with zero attached hydrogens (tertiary/aromatic N) is 2. The number of nitrogens with two attached hydrogens (primary N) is 1. The quantitative estimate of drug-likeness (QED) is 0.814. The average molecular weight is 266 g/mol. The summed E-state index contributed by atoms with van der Waals surface area (Å²) in [6.45, 7) is 1.88. The summed E-state index contributed by atoms with van der Waals surface area (Å²) in [4.78, 5) is 0.102. The largest absolute Gasteiger partial charge is 0.397 e. The molecule has 0 saturated carbocycles. The second kappa shape index (κ2) is 4.34. The Morgan fingerprint density at radius 3 is 2.67 bits per heavy atom. The van der Waals surface area contributed by atoms with E-state index in [0.29, 0.717) is 11.4 Å². The molecule has 0 spiro atoms. The van der Waals surface area contributed by atoms with Gasteiger partial charge in [0.05, 0.1) is 17.6 Å². The van der Waals surface area contributed by atoms with Crippen molar-refractivity contribution in [2.75, 3.05) is 10.5 Å². The molecular formula is C11H14N4O2S. The van der Waals surface area contributed by atoms with Crippen LogP contribution in [-0.4, -0.2) is 18.2 Å². The molecule has 96 valence electrons. The van der Waals surface area contributed by atoms with Crippen LogP contribution in [0.1, 0.15) is 5.56 Å². The van der Waals surface area contributed by atoms with Crippen molar-refractivity contribution in [3.63, 3.8) is 0 Å². The van der Waals surface area contributed by atoms with Crippen LogP contribution in [0.2, 0.25) is 0 Å². The topological polar surface area (TPSA) is 90.0 Å². The number of benzene rings is 1. The predicted octanol–water partition coefficient (Wildman–Crippen LogP) is 1.11. The first-order chi connectivity index (χ1) is 8.38. The summed E-state index contributed by atoms with van der Waals surface area (Å²) in [5, 5.41) is 3.83. The van der Waals surface area contributed by atoms with Crippen LogP contribution in [0.25, 0.3) is 0 Å². The third-order valence-electron chi connectivity index (χ3n) is 2.44. The Labute approximate surface area is 105 Å². The normalized spacial score (nSPS) is 11.4. The number of nitrogens with one attached hydrogen (secondary N) is 1. The smallest absolute Gasteiger partial charge is 0.265 e. The highest BCUT2D eigenvalue weighted by molar-refractivity contribution is 7.92. The van der Waals surface area contributed by atoms with Gasteiger partial charge in [-0.25, -0.2) is 8.42 Å². The third kappa shape index (κ3) is 2.45. The van der Waals surface area contributed by atoms with Gasteiger partial charge in [-0.2, -0.15) is 5.10 Å². The molecule has 18 heavy (non-hydrogen) atoms. The zero-order valence-electron chi connectivity index (χ0n) is 10.1. The van der Waals surface area contributed by atoms with Crippen molar-refractivity contribution < 1.29 is 8.42 Å². The van der Waals surface area contributed by atoms with Crippen LogP contribution >= 0.6 is 0 Å². The number of anilines is 2. The summed E-state index contributed by atoms with van der Waals surface area (Å²) in [7, 11) is -1.99. The first-order valence-electron chi connectivity index (χ1n) is 5.26. The van der Waals surface area contributed by atoms with E-state index in [1.165, 1.54) is 17.1 Å². The fraction of sp³-hybridized carbons (Fsp3) is 0.182. The zero-order chi connectivity index (χ0) is 13.3. The molecule has 3 N–H and O–H groups in total. The van der Waals surface area contributed by atoms with E-state index in [9.17, 15) is 8.42 Å². The average Bonchev–Trinajstić information content (AvgIpc) is 2.70. The van der Waals surface area contributed by atoms with Gasteiger partial charge < -0.3 is 5.73 Å². The minimum Gasteiger partial charge on any atom is -0.397 e. The molecule has 0 unspecified atom stereocenters. The highest BCUT2D eigenvalue weighted by Gasteiger charge is 2.17. The molecule has 0 fully saturated rings. The van der Waals surface area contributed by atoms with Crippen LogP contribution in [0.3, 0.4) is 0 Å². The van der Waals surface area contributed by atoms with Gasteiger partial charge in [0.15, 0.2) is 0 Å². The highest BCUT2D eigenvalue weighted by atomic mass is 32.2. The second-order valence-corrected chi connectivity index (χ2v) is 5.73. The van der Waals surface area contributed by atoms with Gasteiger partial charge in [0.2, 0.25) is 0 Å². The SMILES string of the molecule is Cc1ccc(NS(=O)(=O)c2cnn(C)c2)c(N)c1. The van der Waals surface area contributed by atoms with E-state index in [0.717, 1.165) is 5.56 Å². The summed E-state index contributed by atoms with van der Waals surface area (Å²) >= 11 is 0. The Bertz CT molecular complexity index is 676. The fourth-order valence-corrected chi connectivity index (χ4v) is 2.59. The van der Waals surface area contributed by atoms with Crippen molar-refractivity contribution >= 4 is 21.4 Å². The number of hydrogen-bond donors (Lipinski definition) is 2. The van der Waals surface area contributed by atoms with Gasteiger partial charge in [-0.1, -0.05) is 6.07 Å². The van der Waals surface area contributed by atoms with Crippen LogP contribution in [0.4, 0.5) is 11.4 Å². The van der Waals surface area contributed by atoms with Crippen LogP contribution in [0.5, 0.6) is 0 Å². The number of hydrogen-bond acceptors (Lipinski definition) is 4. The molecule has 1 heterocycles. The van der Waals surface area contributed by atoms with Gasteiger partial charge >= 0.3 is 0 Å². The van der Waals surface area contributed by atoms with Crippen molar-refractivity contribution in [2.24, 2.45) is 7.05 Å². The standard InChI is InChI=1S/C11H14N4O2S/c1-8-3-4-11(10(12)5-8)14-18(16,17)9-6-13-15(2)7-9/h3-7,14H,12H2,1-2H3. The monoisotopic (exact) mass is 266 g/mol. The van der Waals surface area contributed by atoms with Crippen molar-refractivity contribution in [1.29, 1.82) is 0 Å². The Morgan fingerprint density at radius 2 is 2.11 bits per heavy atom. The molecule has 0 bridgehead atoms. The predicted molar refractivity (Wildman–Crippen MR) is 69.6 cm³/mol. The Balaban J connectivity index is 2.33. The molecule has 0 aliphatic carbocycles. The van der Waals surface area contributed by atoms with Gasteiger partial charge in [0, 0.05) is 13.2 Å². The molecule has 0 aliphatic rings. The molecule has 0 amide bonds. The van der Waals surface area contributed by atoms with Crippen LogP contribution in [0, 0.1) is 6.92 Å². The summed E-state index contributed by atoms with van der Waals surface area (Å²) < 4.78 is 27.9. The van der Waals surface area contributed by atoms with Gasteiger partial charge in [0.1, 0.15) is 4.90 Å². The van der Waals surface area contributed by atoms with E-state index >= 15 is 0 Å². The Morgan fingerprint density at radius 1 is 1.39 bits per heavy atom. The lowest BCUT2D eigenvalue weighted by Crippen LogP contribution is -2.13. The highest BCUT2D eigenvalue weighted by Crippen LogP contribution is 2.22. The molecule has 1 aromatic carbocycles. The first-order valence-corrected chi connectivity index (χ1v) is 6.74. The van der Waals surface area contributed by atoms with Crippen LogP contribution in [0.15, 0.2) is 35.5 Å². The summed E-state index contributed by atoms with van der Waals surface area (Å²) in [5.74, 6) is 0.